The first kappa shape index (κ1) is 10.4. The van der Waals surface area contributed by atoms with Gasteiger partial charge in [-0.15, -0.1) is 0 Å². The van der Waals surface area contributed by atoms with Crippen LogP contribution in [0, 0.1) is 11.3 Å². The van der Waals surface area contributed by atoms with Crippen LogP contribution in [0.25, 0.3) is 0 Å². The van der Waals surface area contributed by atoms with Gasteiger partial charge in [-0.1, -0.05) is 20.8 Å². The van der Waals surface area contributed by atoms with Crippen molar-refractivity contribution in [1.29, 1.82) is 0 Å². The smallest absolute Gasteiger partial charge is 0.282 e. The molecule has 14 heavy (non-hydrogen) atoms. The van der Waals surface area contributed by atoms with Crippen LogP contribution in [-0.2, 0) is 14.2 Å². The highest BCUT2D eigenvalue weighted by Gasteiger charge is 2.53. The lowest BCUT2D eigenvalue weighted by molar-refractivity contribution is -0.474. The Balaban J connectivity index is 2.05. The summed E-state index contributed by atoms with van der Waals surface area (Å²) in [5, 5.41) is 0. The molecule has 0 radical (unpaired) electrons. The molecule has 0 N–H and O–H groups in total. The van der Waals surface area contributed by atoms with Crippen LogP contribution in [0.5, 0.6) is 0 Å². The first-order chi connectivity index (χ1) is 6.63. The molecular formula is C11H20O3. The van der Waals surface area contributed by atoms with Crippen molar-refractivity contribution in [1.82, 2.24) is 0 Å². The van der Waals surface area contributed by atoms with E-state index in [1.54, 1.807) is 0 Å². The van der Waals surface area contributed by atoms with E-state index in [0.29, 0.717) is 5.92 Å². The average Bonchev–Trinajstić information content (AvgIpc) is 2.20. The molecule has 0 saturated carbocycles. The number of fused-ring (bicyclic) bond motifs is 3. The summed E-state index contributed by atoms with van der Waals surface area (Å²) in [5.74, 6) is -0.159. The largest absolute Gasteiger partial charge is 0.327 e. The van der Waals surface area contributed by atoms with Crippen molar-refractivity contribution in [3.8, 4) is 0 Å². The van der Waals surface area contributed by atoms with Gasteiger partial charge in [-0.2, -0.15) is 0 Å². The van der Waals surface area contributed by atoms with E-state index in [0.717, 1.165) is 32.7 Å². The third-order valence-electron chi connectivity index (χ3n) is 3.52. The molecule has 0 amide bonds. The van der Waals surface area contributed by atoms with Gasteiger partial charge in [-0.25, -0.2) is 0 Å². The summed E-state index contributed by atoms with van der Waals surface area (Å²) in [5.41, 5.74) is 0.0927. The molecule has 3 rings (SSSR count). The molecule has 3 nitrogen and oxygen atoms in total. The fourth-order valence-corrected chi connectivity index (χ4v) is 2.03. The molecule has 3 fully saturated rings. The summed E-state index contributed by atoms with van der Waals surface area (Å²) >= 11 is 0. The van der Waals surface area contributed by atoms with Gasteiger partial charge in [0.25, 0.3) is 5.97 Å². The minimum absolute atomic E-state index is 0.0927. The van der Waals surface area contributed by atoms with Crippen LogP contribution >= 0.6 is 0 Å². The Morgan fingerprint density at radius 3 is 1.93 bits per heavy atom. The van der Waals surface area contributed by atoms with Crippen molar-refractivity contribution < 1.29 is 14.2 Å². The van der Waals surface area contributed by atoms with Crippen LogP contribution in [0.1, 0.15) is 33.6 Å². The zero-order valence-corrected chi connectivity index (χ0v) is 9.34. The van der Waals surface area contributed by atoms with E-state index in [1.165, 1.54) is 0 Å². The summed E-state index contributed by atoms with van der Waals surface area (Å²) in [6.45, 7) is 8.87. The van der Waals surface area contributed by atoms with Crippen LogP contribution in [0.2, 0.25) is 0 Å². The van der Waals surface area contributed by atoms with E-state index in [2.05, 4.69) is 20.8 Å². The Kier molecular flexibility index (Phi) is 2.58. The van der Waals surface area contributed by atoms with Crippen molar-refractivity contribution >= 4 is 0 Å². The first-order valence-electron chi connectivity index (χ1n) is 5.54. The lowest BCUT2D eigenvalue weighted by Crippen LogP contribution is -2.61. The number of hydrogen-bond acceptors (Lipinski definition) is 3. The van der Waals surface area contributed by atoms with Crippen LogP contribution in [0.4, 0.5) is 0 Å². The second kappa shape index (κ2) is 3.47. The molecule has 3 heteroatoms. The molecule has 3 aliphatic rings. The lowest BCUT2D eigenvalue weighted by atomic mass is 9.78. The van der Waals surface area contributed by atoms with Crippen molar-refractivity contribution in [2.75, 3.05) is 19.8 Å². The molecule has 0 unspecified atom stereocenters. The standard InChI is InChI=1S/C11H20O3/c1-4-5-11-12-6-10(7-13-11,8-14-11)9(2)3/h9H,4-8H2,1-3H3. The summed E-state index contributed by atoms with van der Waals surface area (Å²) in [4.78, 5) is 0. The van der Waals surface area contributed by atoms with Gasteiger partial charge < -0.3 is 14.2 Å². The zero-order chi connectivity index (χ0) is 10.2. The Hall–Kier alpha value is -0.120. The maximum Gasteiger partial charge on any atom is 0.282 e. The van der Waals surface area contributed by atoms with Gasteiger partial charge in [-0.3, -0.25) is 0 Å². The molecule has 2 bridgehead atoms. The Morgan fingerprint density at radius 1 is 1.07 bits per heavy atom. The minimum atomic E-state index is -0.703. The van der Waals surface area contributed by atoms with Gasteiger partial charge in [0.05, 0.1) is 19.8 Å². The molecule has 82 valence electrons. The van der Waals surface area contributed by atoms with E-state index < -0.39 is 5.97 Å². The van der Waals surface area contributed by atoms with Crippen LogP contribution in [0.15, 0.2) is 0 Å². The zero-order valence-electron chi connectivity index (χ0n) is 9.34. The van der Waals surface area contributed by atoms with Gasteiger partial charge in [0.1, 0.15) is 0 Å². The summed E-state index contributed by atoms with van der Waals surface area (Å²) < 4.78 is 17.2. The Morgan fingerprint density at radius 2 is 1.57 bits per heavy atom. The molecular weight excluding hydrogens is 180 g/mol. The van der Waals surface area contributed by atoms with Crippen molar-refractivity contribution in [3.05, 3.63) is 0 Å². The second-order valence-electron chi connectivity index (χ2n) is 4.82. The fraction of sp³-hybridized carbons (Fsp3) is 1.00. The third-order valence-corrected chi connectivity index (χ3v) is 3.52. The van der Waals surface area contributed by atoms with Gasteiger partial charge >= 0.3 is 0 Å². The third kappa shape index (κ3) is 1.47. The first-order valence-corrected chi connectivity index (χ1v) is 5.54. The van der Waals surface area contributed by atoms with Crippen molar-refractivity contribution in [3.63, 3.8) is 0 Å². The molecule has 0 aromatic carbocycles. The average molecular weight is 200 g/mol. The highest BCUT2D eigenvalue weighted by atomic mass is 16.9. The molecule has 3 heterocycles. The predicted octanol–water partition coefficient (Wildman–Crippen LogP) is 2.16. The monoisotopic (exact) mass is 200 g/mol. The van der Waals surface area contributed by atoms with E-state index in [1.807, 2.05) is 0 Å². The van der Waals surface area contributed by atoms with Crippen molar-refractivity contribution in [2.24, 2.45) is 11.3 Å². The highest BCUT2D eigenvalue weighted by molar-refractivity contribution is 4.90. The number of rotatable bonds is 3. The Labute approximate surface area is 85.7 Å². The van der Waals surface area contributed by atoms with Crippen LogP contribution in [0.3, 0.4) is 0 Å². The molecule has 0 aromatic rings. The van der Waals surface area contributed by atoms with Crippen molar-refractivity contribution in [2.45, 2.75) is 39.6 Å². The molecule has 3 aliphatic heterocycles. The van der Waals surface area contributed by atoms with E-state index >= 15 is 0 Å². The molecule has 0 spiro atoms. The Bertz CT molecular complexity index is 188. The lowest BCUT2D eigenvalue weighted by Gasteiger charge is -2.53. The number of ether oxygens (including phenoxy) is 3. The normalized spacial score (nSPS) is 42.0. The van der Waals surface area contributed by atoms with Crippen LogP contribution in [-0.4, -0.2) is 25.8 Å². The van der Waals surface area contributed by atoms with E-state index in [9.17, 15) is 0 Å². The topological polar surface area (TPSA) is 27.7 Å². The molecule has 3 saturated heterocycles. The van der Waals surface area contributed by atoms with E-state index in [4.69, 9.17) is 14.2 Å². The summed E-state index contributed by atoms with van der Waals surface area (Å²) in [6, 6.07) is 0. The molecule has 0 atom stereocenters. The quantitative estimate of drug-likeness (QED) is 0.698. The second-order valence-corrected chi connectivity index (χ2v) is 4.82. The van der Waals surface area contributed by atoms with Crippen LogP contribution < -0.4 is 0 Å². The predicted molar refractivity (Wildman–Crippen MR) is 52.8 cm³/mol. The molecule has 0 aromatic heterocycles. The highest BCUT2D eigenvalue weighted by Crippen LogP contribution is 2.44. The van der Waals surface area contributed by atoms with Gasteiger partial charge in [-0.05, 0) is 12.3 Å². The van der Waals surface area contributed by atoms with Gasteiger partial charge in [0.15, 0.2) is 0 Å². The van der Waals surface area contributed by atoms with E-state index in [-0.39, 0.29) is 5.41 Å². The summed E-state index contributed by atoms with van der Waals surface area (Å²) in [6.07, 6.45) is 1.86. The maximum absolute atomic E-state index is 5.73. The SMILES string of the molecule is CCCC12OCC(C(C)C)(CO1)CO2. The van der Waals surface area contributed by atoms with Gasteiger partial charge in [0, 0.05) is 11.8 Å². The maximum atomic E-state index is 5.73. The fourth-order valence-electron chi connectivity index (χ4n) is 2.03. The van der Waals surface area contributed by atoms with Gasteiger partial charge in [0.2, 0.25) is 0 Å². The summed E-state index contributed by atoms with van der Waals surface area (Å²) in [7, 11) is 0. The molecule has 0 aliphatic carbocycles. The minimum Gasteiger partial charge on any atom is -0.327 e. The number of hydrogen-bond donors (Lipinski definition) is 0.